The van der Waals surface area contributed by atoms with Crippen molar-refractivity contribution in [3.63, 3.8) is 0 Å². The quantitative estimate of drug-likeness (QED) is 0.818. The average molecular weight is 235 g/mol. The summed E-state index contributed by atoms with van der Waals surface area (Å²) in [4.78, 5) is 15.7. The predicted octanol–water partition coefficient (Wildman–Crippen LogP) is 0.846. The summed E-state index contributed by atoms with van der Waals surface area (Å²) in [6.45, 7) is 4.21. The van der Waals surface area contributed by atoms with E-state index in [2.05, 4.69) is 25.7 Å². The molecule has 0 aliphatic rings. The van der Waals surface area contributed by atoms with E-state index >= 15 is 0 Å². The second-order valence-corrected chi connectivity index (χ2v) is 3.86. The number of hydrogen-bond acceptors (Lipinski definition) is 5. The van der Waals surface area contributed by atoms with E-state index < -0.39 is 0 Å². The van der Waals surface area contributed by atoms with Crippen LogP contribution in [0.1, 0.15) is 42.0 Å². The van der Waals surface area contributed by atoms with Crippen LogP contribution in [0, 0.1) is 0 Å². The monoisotopic (exact) mass is 235 g/mol. The maximum atomic E-state index is 11.7. The molecule has 0 atom stereocenters. The van der Waals surface area contributed by atoms with E-state index in [1.54, 1.807) is 6.07 Å². The van der Waals surface area contributed by atoms with Gasteiger partial charge in [0.25, 0.3) is 5.91 Å². The molecule has 0 radical (unpaired) electrons. The van der Waals surface area contributed by atoms with Gasteiger partial charge < -0.3 is 9.84 Å². The normalized spacial score (nSPS) is 10.8. The first-order valence-corrected chi connectivity index (χ1v) is 5.27. The van der Waals surface area contributed by atoms with Crippen molar-refractivity contribution in [3.8, 4) is 0 Å². The summed E-state index contributed by atoms with van der Waals surface area (Å²) in [7, 11) is 0. The minimum atomic E-state index is -0.343. The van der Waals surface area contributed by atoms with Crippen molar-refractivity contribution in [1.29, 1.82) is 0 Å². The Morgan fingerprint density at radius 2 is 2.41 bits per heavy atom. The minimum absolute atomic E-state index is 0.133. The van der Waals surface area contributed by atoms with Crippen LogP contribution < -0.4 is 5.32 Å². The maximum absolute atomic E-state index is 11.7. The van der Waals surface area contributed by atoms with Crippen molar-refractivity contribution >= 4 is 5.91 Å². The van der Waals surface area contributed by atoms with Gasteiger partial charge in [0.1, 0.15) is 5.82 Å². The highest BCUT2D eigenvalue weighted by Crippen LogP contribution is 2.07. The Bertz CT molecular complexity index is 489. The molecule has 0 aliphatic heterocycles. The maximum Gasteiger partial charge on any atom is 0.291 e. The molecule has 0 fully saturated rings. The second-order valence-electron chi connectivity index (χ2n) is 3.86. The predicted molar refractivity (Wildman–Crippen MR) is 58.1 cm³/mol. The first kappa shape index (κ1) is 11.3. The summed E-state index contributed by atoms with van der Waals surface area (Å²) in [5.74, 6) is 1.27. The van der Waals surface area contributed by atoms with E-state index in [1.165, 1.54) is 6.20 Å². The van der Waals surface area contributed by atoms with E-state index in [-0.39, 0.29) is 24.2 Å². The van der Waals surface area contributed by atoms with Crippen molar-refractivity contribution in [3.05, 3.63) is 29.7 Å². The molecule has 0 bridgehead atoms. The van der Waals surface area contributed by atoms with Gasteiger partial charge in [-0.2, -0.15) is 0 Å². The molecular weight excluding hydrogens is 222 g/mol. The topological polar surface area (TPSA) is 96.7 Å². The van der Waals surface area contributed by atoms with Gasteiger partial charge >= 0.3 is 0 Å². The van der Waals surface area contributed by atoms with E-state index in [1.807, 2.05) is 13.8 Å². The van der Waals surface area contributed by atoms with Crippen LogP contribution in [0.25, 0.3) is 0 Å². The van der Waals surface area contributed by atoms with Gasteiger partial charge in [-0.1, -0.05) is 19.0 Å². The zero-order valence-corrected chi connectivity index (χ0v) is 9.60. The van der Waals surface area contributed by atoms with Crippen molar-refractivity contribution in [1.82, 2.24) is 25.7 Å². The Balaban J connectivity index is 1.95. The molecule has 7 nitrogen and oxygen atoms in total. The van der Waals surface area contributed by atoms with Gasteiger partial charge in [-0.25, -0.2) is 4.98 Å². The highest BCUT2D eigenvalue weighted by Gasteiger charge is 2.14. The van der Waals surface area contributed by atoms with Gasteiger partial charge in [-0.05, 0) is 0 Å². The zero-order chi connectivity index (χ0) is 12.3. The van der Waals surface area contributed by atoms with Gasteiger partial charge in [-0.15, -0.1) is 5.10 Å². The van der Waals surface area contributed by atoms with E-state index in [9.17, 15) is 4.79 Å². The van der Waals surface area contributed by atoms with Gasteiger partial charge in [0.05, 0.1) is 12.7 Å². The van der Waals surface area contributed by atoms with Crippen LogP contribution in [0.3, 0.4) is 0 Å². The lowest BCUT2D eigenvalue weighted by Crippen LogP contribution is -2.23. The largest absolute Gasteiger partial charge is 0.360 e. The number of amides is 1. The lowest BCUT2D eigenvalue weighted by atomic mass is 10.2. The minimum Gasteiger partial charge on any atom is -0.360 e. The summed E-state index contributed by atoms with van der Waals surface area (Å²) in [6.07, 6.45) is 1.52. The molecule has 0 aliphatic carbocycles. The fourth-order valence-corrected chi connectivity index (χ4v) is 1.21. The molecule has 2 aromatic rings. The number of nitrogens with one attached hydrogen (secondary N) is 2. The van der Waals surface area contributed by atoms with Crippen LogP contribution in [0.2, 0.25) is 0 Å². The van der Waals surface area contributed by atoms with Crippen LogP contribution in [-0.4, -0.2) is 26.2 Å². The van der Waals surface area contributed by atoms with Crippen LogP contribution in [0.5, 0.6) is 0 Å². The van der Waals surface area contributed by atoms with Crippen LogP contribution >= 0.6 is 0 Å². The van der Waals surface area contributed by atoms with Crippen molar-refractivity contribution in [2.24, 2.45) is 0 Å². The third kappa shape index (κ3) is 2.68. The summed E-state index contributed by atoms with van der Waals surface area (Å²) in [5.41, 5.74) is 0. The molecule has 0 aromatic carbocycles. The summed E-state index contributed by atoms with van der Waals surface area (Å²) >= 11 is 0. The molecule has 2 heterocycles. The van der Waals surface area contributed by atoms with Gasteiger partial charge in [0.2, 0.25) is 5.82 Å². The first-order chi connectivity index (χ1) is 8.16. The molecule has 2 N–H and O–H groups in total. The number of hydrogen-bond donors (Lipinski definition) is 2. The first-order valence-electron chi connectivity index (χ1n) is 5.27. The molecule has 90 valence electrons. The number of carbonyl (C=O) groups excluding carboxylic acids is 1. The SMILES string of the molecule is CC(C)c1nc(C(=O)NCc2ccno2)n[nH]1. The molecule has 0 spiro atoms. The van der Waals surface area contributed by atoms with Crippen molar-refractivity contribution in [2.75, 3.05) is 0 Å². The number of aromatic amines is 1. The molecule has 0 unspecified atom stereocenters. The fourth-order valence-electron chi connectivity index (χ4n) is 1.21. The van der Waals surface area contributed by atoms with E-state index in [0.717, 1.165) is 0 Å². The standard InChI is InChI=1S/C10H13N5O2/c1-6(2)8-13-9(15-14-8)10(16)11-5-7-3-4-12-17-7/h3-4,6H,5H2,1-2H3,(H,11,16)(H,13,14,15). The van der Waals surface area contributed by atoms with Crippen LogP contribution in [-0.2, 0) is 6.54 Å². The molecule has 2 rings (SSSR count). The number of carbonyl (C=O) groups is 1. The fraction of sp³-hybridized carbons (Fsp3) is 0.400. The third-order valence-electron chi connectivity index (χ3n) is 2.17. The van der Waals surface area contributed by atoms with E-state index in [0.29, 0.717) is 11.6 Å². The second kappa shape index (κ2) is 4.77. The Kier molecular flexibility index (Phi) is 3.17. The Morgan fingerprint density at radius 1 is 1.59 bits per heavy atom. The molecule has 17 heavy (non-hydrogen) atoms. The molecule has 2 aromatic heterocycles. The Labute approximate surface area is 97.6 Å². The van der Waals surface area contributed by atoms with Gasteiger partial charge in [0, 0.05) is 12.0 Å². The zero-order valence-electron chi connectivity index (χ0n) is 9.60. The van der Waals surface area contributed by atoms with E-state index in [4.69, 9.17) is 4.52 Å². The van der Waals surface area contributed by atoms with Crippen LogP contribution in [0.4, 0.5) is 0 Å². The van der Waals surface area contributed by atoms with Crippen LogP contribution in [0.15, 0.2) is 16.8 Å². The lowest BCUT2D eigenvalue weighted by Gasteiger charge is -1.98. The molecular formula is C10H13N5O2. The van der Waals surface area contributed by atoms with Gasteiger partial charge in [-0.3, -0.25) is 9.89 Å². The van der Waals surface area contributed by atoms with Crippen molar-refractivity contribution < 1.29 is 9.32 Å². The Hall–Kier alpha value is -2.18. The highest BCUT2D eigenvalue weighted by molar-refractivity contribution is 5.90. The van der Waals surface area contributed by atoms with Crippen molar-refractivity contribution in [2.45, 2.75) is 26.3 Å². The van der Waals surface area contributed by atoms with Gasteiger partial charge in [0.15, 0.2) is 5.76 Å². The smallest absolute Gasteiger partial charge is 0.291 e. The molecule has 1 amide bonds. The third-order valence-corrected chi connectivity index (χ3v) is 2.17. The summed E-state index contributed by atoms with van der Waals surface area (Å²) in [6, 6.07) is 1.68. The Morgan fingerprint density at radius 3 is 3.00 bits per heavy atom. The number of aromatic nitrogens is 4. The number of H-pyrrole nitrogens is 1. The average Bonchev–Trinajstić information content (AvgIpc) is 2.96. The summed E-state index contributed by atoms with van der Waals surface area (Å²) < 4.78 is 4.85. The lowest BCUT2D eigenvalue weighted by molar-refractivity contribution is 0.0937. The summed E-state index contributed by atoms with van der Waals surface area (Å²) in [5, 5.41) is 12.7. The highest BCUT2D eigenvalue weighted by atomic mass is 16.5. The molecule has 0 saturated carbocycles. The molecule has 0 saturated heterocycles. The number of nitrogens with zero attached hydrogens (tertiary/aromatic N) is 3. The number of rotatable bonds is 4. The molecule has 7 heteroatoms.